The first-order valence-electron chi connectivity index (χ1n) is 8.45. The van der Waals surface area contributed by atoms with Gasteiger partial charge in [0.15, 0.2) is 0 Å². The molecule has 3 nitrogen and oxygen atoms in total. The van der Waals surface area contributed by atoms with Crippen LogP contribution < -0.4 is 15.2 Å². The quantitative estimate of drug-likeness (QED) is 0.677. The fraction of sp³-hybridized carbons (Fsp3) is 0.182. The number of ether oxygens (including phenoxy) is 2. The highest BCUT2D eigenvalue weighted by molar-refractivity contribution is 5.39. The summed E-state index contributed by atoms with van der Waals surface area (Å²) in [6.07, 6.45) is 0.836. The van der Waals surface area contributed by atoms with Crippen molar-refractivity contribution in [1.82, 2.24) is 0 Å². The minimum absolute atomic E-state index is 0.197. The predicted molar refractivity (Wildman–Crippen MR) is 101 cm³/mol. The molecule has 0 amide bonds. The van der Waals surface area contributed by atoms with Crippen LogP contribution in [-0.4, -0.2) is 13.7 Å². The molecule has 3 heteroatoms. The third-order valence-electron chi connectivity index (χ3n) is 4.22. The highest BCUT2D eigenvalue weighted by Crippen LogP contribution is 2.30. The van der Waals surface area contributed by atoms with Crippen LogP contribution in [0.3, 0.4) is 0 Å². The second kappa shape index (κ2) is 8.36. The van der Waals surface area contributed by atoms with E-state index in [0.717, 1.165) is 29.2 Å². The minimum Gasteiger partial charge on any atom is -0.496 e. The van der Waals surface area contributed by atoms with E-state index < -0.39 is 0 Å². The van der Waals surface area contributed by atoms with Crippen molar-refractivity contribution in [3.63, 3.8) is 0 Å². The molecule has 2 N–H and O–H groups in total. The Morgan fingerprint density at radius 3 is 2.32 bits per heavy atom. The van der Waals surface area contributed by atoms with Crippen molar-refractivity contribution >= 4 is 0 Å². The minimum atomic E-state index is 0.197. The third kappa shape index (κ3) is 4.40. The fourth-order valence-electron chi connectivity index (χ4n) is 2.97. The lowest BCUT2D eigenvalue weighted by Gasteiger charge is -2.18. The van der Waals surface area contributed by atoms with E-state index in [2.05, 4.69) is 18.2 Å². The van der Waals surface area contributed by atoms with Gasteiger partial charge in [-0.05, 0) is 54.4 Å². The van der Waals surface area contributed by atoms with Gasteiger partial charge in [-0.2, -0.15) is 0 Å². The maximum Gasteiger partial charge on any atom is 0.127 e. The molecule has 1 atom stereocenters. The van der Waals surface area contributed by atoms with Crippen molar-refractivity contribution in [3.05, 3.63) is 90.0 Å². The van der Waals surface area contributed by atoms with Gasteiger partial charge in [-0.3, -0.25) is 0 Å². The Morgan fingerprint density at radius 1 is 0.840 bits per heavy atom. The molecule has 0 saturated heterocycles. The second-order valence-corrected chi connectivity index (χ2v) is 5.94. The van der Waals surface area contributed by atoms with E-state index in [9.17, 15) is 0 Å². The highest BCUT2D eigenvalue weighted by atomic mass is 16.5. The fourth-order valence-corrected chi connectivity index (χ4v) is 2.97. The van der Waals surface area contributed by atoms with Gasteiger partial charge in [-0.25, -0.2) is 0 Å². The first kappa shape index (κ1) is 17.1. The number of methoxy groups -OCH3 is 1. The summed E-state index contributed by atoms with van der Waals surface area (Å²) in [7, 11) is 1.70. The summed E-state index contributed by atoms with van der Waals surface area (Å²) >= 11 is 0. The van der Waals surface area contributed by atoms with Gasteiger partial charge < -0.3 is 15.2 Å². The summed E-state index contributed by atoms with van der Waals surface area (Å²) in [6, 6.07) is 26.0. The predicted octanol–water partition coefficient (Wildman–Crippen LogP) is 4.77. The van der Waals surface area contributed by atoms with Gasteiger partial charge in [0, 0.05) is 5.92 Å². The molecule has 0 aliphatic rings. The lowest BCUT2D eigenvalue weighted by Crippen LogP contribution is -2.16. The number of rotatable bonds is 7. The number of hydrogen-bond acceptors (Lipinski definition) is 3. The van der Waals surface area contributed by atoms with Crippen LogP contribution in [0.1, 0.15) is 17.0 Å². The SMILES string of the molecule is COc1ccccc1C(CN)Cc1cccc(Oc2ccccc2)c1. The van der Waals surface area contributed by atoms with Crippen molar-refractivity contribution in [2.24, 2.45) is 5.73 Å². The van der Waals surface area contributed by atoms with Gasteiger partial charge in [0.1, 0.15) is 17.2 Å². The molecule has 3 aromatic rings. The molecule has 0 fully saturated rings. The average molecular weight is 333 g/mol. The number of nitrogens with two attached hydrogens (primary N) is 1. The van der Waals surface area contributed by atoms with E-state index in [4.69, 9.17) is 15.2 Å². The molecule has 0 saturated carbocycles. The highest BCUT2D eigenvalue weighted by Gasteiger charge is 2.15. The second-order valence-electron chi connectivity index (χ2n) is 5.94. The van der Waals surface area contributed by atoms with Gasteiger partial charge in [0.05, 0.1) is 7.11 Å². The number of hydrogen-bond donors (Lipinski definition) is 1. The number of benzene rings is 3. The normalized spacial score (nSPS) is 11.8. The van der Waals surface area contributed by atoms with Crippen LogP contribution >= 0.6 is 0 Å². The first-order chi connectivity index (χ1) is 12.3. The molecule has 0 bridgehead atoms. The van der Waals surface area contributed by atoms with Crippen molar-refractivity contribution in [3.8, 4) is 17.2 Å². The monoisotopic (exact) mass is 333 g/mol. The van der Waals surface area contributed by atoms with E-state index in [1.54, 1.807) is 7.11 Å². The van der Waals surface area contributed by atoms with Crippen LogP contribution in [0, 0.1) is 0 Å². The Balaban J connectivity index is 1.78. The van der Waals surface area contributed by atoms with Crippen molar-refractivity contribution in [2.45, 2.75) is 12.3 Å². The maximum atomic E-state index is 6.05. The molecule has 3 aromatic carbocycles. The zero-order valence-corrected chi connectivity index (χ0v) is 14.4. The van der Waals surface area contributed by atoms with E-state index in [1.807, 2.05) is 60.7 Å². The zero-order chi connectivity index (χ0) is 17.5. The topological polar surface area (TPSA) is 44.5 Å². The van der Waals surface area contributed by atoms with Crippen molar-refractivity contribution in [1.29, 1.82) is 0 Å². The molecule has 25 heavy (non-hydrogen) atoms. The van der Waals surface area contributed by atoms with Crippen LogP contribution in [0.4, 0.5) is 0 Å². The largest absolute Gasteiger partial charge is 0.496 e. The van der Waals surface area contributed by atoms with Crippen LogP contribution in [0.5, 0.6) is 17.2 Å². The van der Waals surface area contributed by atoms with Crippen molar-refractivity contribution in [2.75, 3.05) is 13.7 Å². The summed E-state index contributed by atoms with van der Waals surface area (Å²) in [4.78, 5) is 0. The maximum absolute atomic E-state index is 6.05. The Bertz CT molecular complexity index is 802. The third-order valence-corrected chi connectivity index (χ3v) is 4.22. The molecule has 128 valence electrons. The summed E-state index contributed by atoms with van der Waals surface area (Å²) in [5, 5.41) is 0. The van der Waals surface area contributed by atoms with Gasteiger partial charge in [0.2, 0.25) is 0 Å². The standard InChI is InChI=1S/C22H23NO2/c1-24-22-13-6-5-12-21(22)18(16-23)14-17-8-7-11-20(15-17)25-19-9-3-2-4-10-19/h2-13,15,18H,14,16,23H2,1H3. The van der Waals surface area contributed by atoms with Crippen LogP contribution in [0.15, 0.2) is 78.9 Å². The lowest BCUT2D eigenvalue weighted by atomic mass is 9.91. The zero-order valence-electron chi connectivity index (χ0n) is 14.4. The smallest absolute Gasteiger partial charge is 0.127 e. The molecular formula is C22H23NO2. The summed E-state index contributed by atoms with van der Waals surface area (Å²) in [6.45, 7) is 0.560. The summed E-state index contributed by atoms with van der Waals surface area (Å²) in [5.41, 5.74) is 8.38. The molecular weight excluding hydrogens is 310 g/mol. The van der Waals surface area contributed by atoms with E-state index in [1.165, 1.54) is 5.56 Å². The molecule has 0 aliphatic carbocycles. The van der Waals surface area contributed by atoms with E-state index in [0.29, 0.717) is 6.54 Å². The van der Waals surface area contributed by atoms with Crippen LogP contribution in [-0.2, 0) is 6.42 Å². The molecule has 0 radical (unpaired) electrons. The molecule has 1 unspecified atom stereocenters. The summed E-state index contributed by atoms with van der Waals surface area (Å²) < 4.78 is 11.4. The lowest BCUT2D eigenvalue weighted by molar-refractivity contribution is 0.405. The average Bonchev–Trinajstić information content (AvgIpc) is 2.67. The van der Waals surface area contributed by atoms with Crippen LogP contribution in [0.2, 0.25) is 0 Å². The number of para-hydroxylation sites is 2. The Morgan fingerprint density at radius 2 is 1.56 bits per heavy atom. The van der Waals surface area contributed by atoms with Gasteiger partial charge in [-0.1, -0.05) is 48.5 Å². The van der Waals surface area contributed by atoms with Gasteiger partial charge >= 0.3 is 0 Å². The Labute approximate surface area is 149 Å². The Kier molecular flexibility index (Phi) is 5.70. The van der Waals surface area contributed by atoms with Gasteiger partial charge in [0.25, 0.3) is 0 Å². The molecule has 3 rings (SSSR count). The molecule has 0 aromatic heterocycles. The summed E-state index contributed by atoms with van der Waals surface area (Å²) in [5.74, 6) is 2.75. The first-order valence-corrected chi connectivity index (χ1v) is 8.45. The Hall–Kier alpha value is -2.78. The van der Waals surface area contributed by atoms with Crippen molar-refractivity contribution < 1.29 is 9.47 Å². The van der Waals surface area contributed by atoms with E-state index >= 15 is 0 Å². The van der Waals surface area contributed by atoms with Gasteiger partial charge in [-0.15, -0.1) is 0 Å². The van der Waals surface area contributed by atoms with E-state index in [-0.39, 0.29) is 5.92 Å². The molecule has 0 heterocycles. The molecule has 0 spiro atoms. The molecule has 0 aliphatic heterocycles. The van der Waals surface area contributed by atoms with Crippen LogP contribution in [0.25, 0.3) is 0 Å².